The molecule has 1 aromatic carbocycles. The average Bonchev–Trinajstić information content (AvgIpc) is 3.08. The minimum atomic E-state index is -0.0117. The van der Waals surface area contributed by atoms with Gasteiger partial charge < -0.3 is 16.0 Å². The van der Waals surface area contributed by atoms with Crippen LogP contribution in [0.3, 0.4) is 0 Å². The van der Waals surface area contributed by atoms with Crippen LogP contribution in [0.15, 0.2) is 24.3 Å². The fourth-order valence-corrected chi connectivity index (χ4v) is 3.21. The molecular weight excluding hydrogens is 302 g/mol. The molecule has 22 heavy (non-hydrogen) atoms. The molecule has 0 radical (unpaired) electrons. The Morgan fingerprint density at radius 1 is 1.27 bits per heavy atom. The van der Waals surface area contributed by atoms with Gasteiger partial charge in [0.05, 0.1) is 11.4 Å². The Labute approximate surface area is 136 Å². The second-order valence-electron chi connectivity index (χ2n) is 5.93. The van der Waals surface area contributed by atoms with Crippen LogP contribution in [0.25, 0.3) is 0 Å². The van der Waals surface area contributed by atoms with E-state index < -0.39 is 0 Å². The Morgan fingerprint density at radius 3 is 2.68 bits per heavy atom. The monoisotopic (exact) mass is 323 g/mol. The van der Waals surface area contributed by atoms with Gasteiger partial charge in [-0.15, -0.1) is 12.4 Å². The summed E-state index contributed by atoms with van der Waals surface area (Å²) >= 11 is 0. The van der Waals surface area contributed by atoms with Crippen molar-refractivity contribution in [1.82, 2.24) is 0 Å². The fourth-order valence-electron chi connectivity index (χ4n) is 3.21. The summed E-state index contributed by atoms with van der Waals surface area (Å²) in [5.41, 5.74) is 7.39. The van der Waals surface area contributed by atoms with Crippen LogP contribution in [-0.2, 0) is 9.59 Å². The lowest BCUT2D eigenvalue weighted by molar-refractivity contribution is -0.120. The Kier molecular flexibility index (Phi) is 5.42. The van der Waals surface area contributed by atoms with Crippen LogP contribution >= 0.6 is 12.4 Å². The largest absolute Gasteiger partial charge is 0.328 e. The zero-order valence-corrected chi connectivity index (χ0v) is 13.3. The maximum Gasteiger partial charge on any atom is 0.227 e. The molecule has 1 aliphatic heterocycles. The van der Waals surface area contributed by atoms with Gasteiger partial charge in [-0.05, 0) is 37.8 Å². The van der Waals surface area contributed by atoms with Crippen LogP contribution in [0.2, 0.25) is 0 Å². The molecule has 5 nitrogen and oxygen atoms in total. The maximum absolute atomic E-state index is 12.3. The van der Waals surface area contributed by atoms with Gasteiger partial charge in [-0.2, -0.15) is 0 Å². The van der Waals surface area contributed by atoms with Gasteiger partial charge in [-0.1, -0.05) is 12.1 Å². The van der Waals surface area contributed by atoms with Crippen LogP contribution < -0.4 is 16.0 Å². The summed E-state index contributed by atoms with van der Waals surface area (Å²) in [6.45, 7) is 0.722. The number of anilines is 2. The summed E-state index contributed by atoms with van der Waals surface area (Å²) in [4.78, 5) is 26.0. The van der Waals surface area contributed by atoms with Crippen molar-refractivity contribution in [3.8, 4) is 0 Å². The molecule has 1 saturated heterocycles. The number of nitrogens with zero attached hydrogens (tertiary/aromatic N) is 1. The van der Waals surface area contributed by atoms with E-state index in [-0.39, 0.29) is 36.2 Å². The first-order valence-corrected chi connectivity index (χ1v) is 7.61. The number of amides is 2. The molecule has 2 fully saturated rings. The number of carbonyl (C=O) groups excluding carboxylic acids is 2. The zero-order valence-electron chi connectivity index (χ0n) is 12.5. The van der Waals surface area contributed by atoms with Crippen LogP contribution in [0.5, 0.6) is 0 Å². The van der Waals surface area contributed by atoms with E-state index in [1.54, 1.807) is 4.90 Å². The number of hydrogen-bond donors (Lipinski definition) is 2. The highest BCUT2D eigenvalue weighted by molar-refractivity contribution is 6.02. The van der Waals surface area contributed by atoms with Gasteiger partial charge in [0.25, 0.3) is 0 Å². The first kappa shape index (κ1) is 16.8. The number of para-hydroxylation sites is 2. The summed E-state index contributed by atoms with van der Waals surface area (Å²) in [6, 6.07) is 7.64. The van der Waals surface area contributed by atoms with Crippen molar-refractivity contribution in [2.24, 2.45) is 11.7 Å². The van der Waals surface area contributed by atoms with E-state index in [1.165, 1.54) is 0 Å². The summed E-state index contributed by atoms with van der Waals surface area (Å²) in [5, 5.41) is 2.98. The number of rotatable bonds is 3. The predicted octanol–water partition coefficient (Wildman–Crippen LogP) is 2.30. The van der Waals surface area contributed by atoms with Crippen LogP contribution in [0.1, 0.15) is 32.1 Å². The highest BCUT2D eigenvalue weighted by Gasteiger charge is 2.29. The zero-order chi connectivity index (χ0) is 14.8. The standard InChI is InChI=1S/C16H21N3O2.ClH/c17-12-8-7-11(10-12)16(21)18-13-4-1-2-5-14(13)19-9-3-6-15(19)20;/h1-2,4-5,11-12H,3,6-10,17H2,(H,18,21);1H. The third kappa shape index (κ3) is 3.42. The molecule has 0 bridgehead atoms. The average molecular weight is 324 g/mol. The van der Waals surface area contributed by atoms with Gasteiger partial charge in [-0.25, -0.2) is 0 Å². The highest BCUT2D eigenvalue weighted by atomic mass is 35.5. The van der Waals surface area contributed by atoms with Crippen molar-refractivity contribution in [3.63, 3.8) is 0 Å². The third-order valence-electron chi connectivity index (χ3n) is 4.37. The lowest BCUT2D eigenvalue weighted by Gasteiger charge is -2.21. The topological polar surface area (TPSA) is 75.4 Å². The lowest BCUT2D eigenvalue weighted by atomic mass is 10.1. The third-order valence-corrected chi connectivity index (χ3v) is 4.37. The summed E-state index contributed by atoms with van der Waals surface area (Å²) in [7, 11) is 0. The smallest absolute Gasteiger partial charge is 0.227 e. The van der Waals surface area contributed by atoms with E-state index in [9.17, 15) is 9.59 Å². The normalized spacial score (nSPS) is 24.2. The van der Waals surface area contributed by atoms with E-state index in [1.807, 2.05) is 24.3 Å². The fraction of sp³-hybridized carbons (Fsp3) is 0.500. The first-order valence-electron chi connectivity index (χ1n) is 7.61. The van der Waals surface area contributed by atoms with Crippen molar-refractivity contribution in [2.75, 3.05) is 16.8 Å². The molecule has 1 aliphatic carbocycles. The molecule has 2 aliphatic rings. The minimum absolute atomic E-state index is 0. The van der Waals surface area contributed by atoms with Crippen molar-refractivity contribution >= 4 is 35.6 Å². The molecule has 0 spiro atoms. The van der Waals surface area contributed by atoms with Gasteiger partial charge in [-0.3, -0.25) is 9.59 Å². The quantitative estimate of drug-likeness (QED) is 0.896. The molecule has 3 rings (SSSR count). The molecular formula is C16H22ClN3O2. The molecule has 1 saturated carbocycles. The molecule has 0 aromatic heterocycles. The summed E-state index contributed by atoms with van der Waals surface area (Å²) < 4.78 is 0. The summed E-state index contributed by atoms with van der Waals surface area (Å²) in [5.74, 6) is 0.129. The number of carbonyl (C=O) groups is 2. The second kappa shape index (κ2) is 7.11. The first-order chi connectivity index (χ1) is 10.1. The Bertz CT molecular complexity index is 564. The Morgan fingerprint density at radius 2 is 2.05 bits per heavy atom. The van der Waals surface area contributed by atoms with Crippen LogP contribution in [-0.4, -0.2) is 24.4 Å². The molecule has 120 valence electrons. The molecule has 2 atom stereocenters. The second-order valence-corrected chi connectivity index (χ2v) is 5.93. The van der Waals surface area contributed by atoms with Crippen LogP contribution in [0, 0.1) is 5.92 Å². The maximum atomic E-state index is 12.3. The predicted molar refractivity (Wildman–Crippen MR) is 89.2 cm³/mol. The van der Waals surface area contributed by atoms with E-state index >= 15 is 0 Å². The van der Waals surface area contributed by atoms with Crippen molar-refractivity contribution in [3.05, 3.63) is 24.3 Å². The van der Waals surface area contributed by atoms with Crippen molar-refractivity contribution < 1.29 is 9.59 Å². The Hall–Kier alpha value is -1.59. The minimum Gasteiger partial charge on any atom is -0.328 e. The van der Waals surface area contributed by atoms with E-state index in [2.05, 4.69) is 5.32 Å². The molecule has 2 amide bonds. The van der Waals surface area contributed by atoms with Crippen LogP contribution in [0.4, 0.5) is 11.4 Å². The highest BCUT2D eigenvalue weighted by Crippen LogP contribution is 2.31. The number of hydrogen-bond acceptors (Lipinski definition) is 3. The SMILES string of the molecule is Cl.NC1CCC(C(=O)Nc2ccccc2N2CCCC2=O)C1. The molecule has 2 unspecified atom stereocenters. The molecule has 6 heteroatoms. The van der Waals surface area contributed by atoms with Gasteiger partial charge in [0.2, 0.25) is 11.8 Å². The molecule has 3 N–H and O–H groups in total. The van der Waals surface area contributed by atoms with E-state index in [0.717, 1.165) is 43.6 Å². The van der Waals surface area contributed by atoms with E-state index in [0.29, 0.717) is 6.42 Å². The van der Waals surface area contributed by atoms with Crippen molar-refractivity contribution in [1.29, 1.82) is 0 Å². The Balaban J connectivity index is 0.00000176. The summed E-state index contributed by atoms with van der Waals surface area (Å²) in [6.07, 6.45) is 3.96. The molecule has 1 aromatic rings. The number of nitrogens with two attached hydrogens (primary N) is 1. The number of benzene rings is 1. The van der Waals surface area contributed by atoms with Gasteiger partial charge in [0.15, 0.2) is 0 Å². The van der Waals surface area contributed by atoms with Gasteiger partial charge in [0, 0.05) is 24.9 Å². The molecule has 1 heterocycles. The lowest BCUT2D eigenvalue weighted by Crippen LogP contribution is -2.27. The van der Waals surface area contributed by atoms with Gasteiger partial charge in [0.1, 0.15) is 0 Å². The number of nitrogens with one attached hydrogen (secondary N) is 1. The number of halogens is 1. The van der Waals surface area contributed by atoms with Crippen molar-refractivity contribution in [2.45, 2.75) is 38.1 Å². The van der Waals surface area contributed by atoms with E-state index in [4.69, 9.17) is 5.73 Å². The van der Waals surface area contributed by atoms with Gasteiger partial charge >= 0.3 is 0 Å².